The van der Waals surface area contributed by atoms with E-state index in [0.29, 0.717) is 0 Å². The maximum atomic E-state index is 5.48. The second kappa shape index (κ2) is 5.50. The molecule has 0 unspecified atom stereocenters. The summed E-state index contributed by atoms with van der Waals surface area (Å²) in [5.41, 5.74) is 2.59. The van der Waals surface area contributed by atoms with Crippen LogP contribution in [0.4, 0.5) is 0 Å². The van der Waals surface area contributed by atoms with E-state index in [0.717, 1.165) is 33.9 Å². The highest BCUT2D eigenvalue weighted by Gasteiger charge is 2.11. The number of ether oxygens (including phenoxy) is 1. The van der Waals surface area contributed by atoms with E-state index >= 15 is 0 Å². The molecular formula is C14H14N4OS. The Morgan fingerprint density at radius 1 is 1.25 bits per heavy atom. The quantitative estimate of drug-likeness (QED) is 0.746. The first kappa shape index (κ1) is 12.9. The number of methoxy groups -OCH3 is 1. The van der Waals surface area contributed by atoms with Crippen molar-refractivity contribution < 1.29 is 4.74 Å². The van der Waals surface area contributed by atoms with Gasteiger partial charge in [-0.15, -0.1) is 11.8 Å². The van der Waals surface area contributed by atoms with Crippen LogP contribution in [0, 0.1) is 0 Å². The van der Waals surface area contributed by atoms with Gasteiger partial charge in [-0.25, -0.2) is 4.98 Å². The largest absolute Gasteiger partial charge is 0.496 e. The van der Waals surface area contributed by atoms with Crippen LogP contribution in [0.3, 0.4) is 0 Å². The number of rotatable bonds is 4. The molecule has 1 N–H and O–H groups in total. The Labute approximate surface area is 120 Å². The molecule has 0 aliphatic rings. The summed E-state index contributed by atoms with van der Waals surface area (Å²) in [7, 11) is 1.67. The molecule has 0 fully saturated rings. The number of benzene rings is 1. The van der Waals surface area contributed by atoms with Crippen LogP contribution >= 0.6 is 11.8 Å². The van der Waals surface area contributed by atoms with Crippen molar-refractivity contribution in [2.45, 2.75) is 11.8 Å². The van der Waals surface area contributed by atoms with E-state index in [9.17, 15) is 0 Å². The van der Waals surface area contributed by atoms with Gasteiger partial charge in [0.05, 0.1) is 30.6 Å². The average molecular weight is 286 g/mol. The number of hydrogen-bond donors (Lipinski definition) is 1. The fourth-order valence-electron chi connectivity index (χ4n) is 2.03. The number of H-pyrrole nitrogens is 1. The van der Waals surface area contributed by atoms with Crippen LogP contribution in [0.1, 0.15) is 6.92 Å². The molecule has 5 nitrogen and oxygen atoms in total. The van der Waals surface area contributed by atoms with Crippen molar-refractivity contribution >= 4 is 22.8 Å². The molecule has 0 aliphatic heterocycles. The summed E-state index contributed by atoms with van der Waals surface area (Å²) < 4.78 is 5.48. The second-order valence-electron chi connectivity index (χ2n) is 4.17. The van der Waals surface area contributed by atoms with E-state index in [1.54, 1.807) is 31.3 Å². The molecule has 6 heteroatoms. The van der Waals surface area contributed by atoms with Crippen LogP contribution in [0.2, 0.25) is 0 Å². The number of hydrogen-bond acceptors (Lipinski definition) is 5. The maximum Gasteiger partial charge on any atom is 0.142 e. The number of imidazole rings is 1. The first-order valence-corrected chi connectivity index (χ1v) is 7.28. The zero-order valence-corrected chi connectivity index (χ0v) is 12.1. The topological polar surface area (TPSA) is 63.7 Å². The summed E-state index contributed by atoms with van der Waals surface area (Å²) in [6.07, 6.45) is 3.31. The SMILES string of the molecule is CCSc1ccc(-c2nc3cnncc3[nH]2)c(OC)c1. The Kier molecular flexibility index (Phi) is 3.56. The van der Waals surface area contributed by atoms with E-state index in [1.807, 2.05) is 12.1 Å². The van der Waals surface area contributed by atoms with Gasteiger partial charge < -0.3 is 9.72 Å². The van der Waals surface area contributed by atoms with Crippen LogP contribution in [-0.4, -0.2) is 33.0 Å². The van der Waals surface area contributed by atoms with Gasteiger partial charge in [0.2, 0.25) is 0 Å². The predicted molar refractivity (Wildman–Crippen MR) is 80.1 cm³/mol. The Balaban J connectivity index is 2.08. The number of thioether (sulfide) groups is 1. The minimum Gasteiger partial charge on any atom is -0.496 e. The molecule has 0 saturated carbocycles. The van der Waals surface area contributed by atoms with E-state index in [-0.39, 0.29) is 0 Å². The third kappa shape index (κ3) is 2.34. The Morgan fingerprint density at radius 2 is 2.10 bits per heavy atom. The summed E-state index contributed by atoms with van der Waals surface area (Å²) in [6, 6.07) is 6.14. The first-order chi connectivity index (χ1) is 9.81. The number of aromatic nitrogens is 4. The lowest BCUT2D eigenvalue weighted by Crippen LogP contribution is -1.90. The number of nitrogens with one attached hydrogen (secondary N) is 1. The monoisotopic (exact) mass is 286 g/mol. The molecule has 2 heterocycles. The van der Waals surface area contributed by atoms with Crippen LogP contribution in [-0.2, 0) is 0 Å². The lowest BCUT2D eigenvalue weighted by atomic mass is 10.2. The van der Waals surface area contributed by atoms with Gasteiger partial charge in [-0.1, -0.05) is 6.92 Å². The molecule has 20 heavy (non-hydrogen) atoms. The standard InChI is InChI=1S/C14H14N4OS/c1-3-20-9-4-5-10(13(6-9)19-2)14-17-11-7-15-16-8-12(11)18-14/h4-8H,3H2,1-2H3,(H,17,18). The predicted octanol–water partition coefficient (Wildman–Crippen LogP) is 3.14. The number of fused-ring (bicyclic) bond motifs is 1. The number of aromatic amines is 1. The maximum absolute atomic E-state index is 5.48. The molecule has 3 rings (SSSR count). The summed E-state index contributed by atoms with van der Waals surface area (Å²) in [5.74, 6) is 2.60. The molecule has 2 aromatic heterocycles. The van der Waals surface area contributed by atoms with Crippen molar-refractivity contribution in [2.75, 3.05) is 12.9 Å². The lowest BCUT2D eigenvalue weighted by Gasteiger charge is -2.08. The average Bonchev–Trinajstić information content (AvgIpc) is 2.91. The smallest absolute Gasteiger partial charge is 0.142 e. The fourth-order valence-corrected chi connectivity index (χ4v) is 2.72. The Hall–Kier alpha value is -2.08. The zero-order chi connectivity index (χ0) is 13.9. The van der Waals surface area contributed by atoms with Gasteiger partial charge in [-0.2, -0.15) is 10.2 Å². The lowest BCUT2D eigenvalue weighted by molar-refractivity contribution is 0.415. The van der Waals surface area contributed by atoms with Crippen molar-refractivity contribution in [3.8, 4) is 17.1 Å². The molecule has 0 atom stereocenters. The molecule has 3 aromatic rings. The van der Waals surface area contributed by atoms with Crippen molar-refractivity contribution in [3.63, 3.8) is 0 Å². The molecule has 0 saturated heterocycles. The van der Waals surface area contributed by atoms with E-state index in [2.05, 4.69) is 33.2 Å². The van der Waals surface area contributed by atoms with Gasteiger partial charge in [0.25, 0.3) is 0 Å². The Bertz CT molecular complexity index is 708. The minimum absolute atomic E-state index is 0.764. The van der Waals surface area contributed by atoms with E-state index in [4.69, 9.17) is 4.74 Å². The van der Waals surface area contributed by atoms with E-state index in [1.165, 1.54) is 4.90 Å². The zero-order valence-electron chi connectivity index (χ0n) is 11.3. The fraction of sp³-hybridized carbons (Fsp3) is 0.214. The number of nitrogens with zero attached hydrogens (tertiary/aromatic N) is 3. The van der Waals surface area contributed by atoms with Gasteiger partial charge in [0.15, 0.2) is 0 Å². The highest BCUT2D eigenvalue weighted by atomic mass is 32.2. The minimum atomic E-state index is 0.764. The third-order valence-corrected chi connectivity index (χ3v) is 3.81. The van der Waals surface area contributed by atoms with Crippen LogP contribution in [0.15, 0.2) is 35.5 Å². The van der Waals surface area contributed by atoms with Gasteiger partial charge >= 0.3 is 0 Å². The van der Waals surface area contributed by atoms with E-state index < -0.39 is 0 Å². The summed E-state index contributed by atoms with van der Waals surface area (Å²) in [6.45, 7) is 2.13. The third-order valence-electron chi connectivity index (χ3n) is 2.93. The highest BCUT2D eigenvalue weighted by Crippen LogP contribution is 2.33. The van der Waals surface area contributed by atoms with Gasteiger partial charge in [0.1, 0.15) is 17.1 Å². The van der Waals surface area contributed by atoms with Crippen molar-refractivity contribution in [1.82, 2.24) is 20.2 Å². The van der Waals surface area contributed by atoms with Gasteiger partial charge in [0, 0.05) is 4.90 Å². The Morgan fingerprint density at radius 3 is 2.85 bits per heavy atom. The van der Waals surface area contributed by atoms with Gasteiger partial charge in [-0.3, -0.25) is 0 Å². The van der Waals surface area contributed by atoms with Crippen molar-refractivity contribution in [2.24, 2.45) is 0 Å². The highest BCUT2D eigenvalue weighted by molar-refractivity contribution is 7.99. The van der Waals surface area contributed by atoms with Crippen molar-refractivity contribution in [1.29, 1.82) is 0 Å². The first-order valence-electron chi connectivity index (χ1n) is 6.29. The molecule has 0 bridgehead atoms. The molecule has 1 aromatic carbocycles. The van der Waals surface area contributed by atoms with Crippen LogP contribution in [0.5, 0.6) is 5.75 Å². The van der Waals surface area contributed by atoms with Gasteiger partial charge in [-0.05, 0) is 24.0 Å². The second-order valence-corrected chi connectivity index (χ2v) is 5.51. The van der Waals surface area contributed by atoms with Crippen LogP contribution in [0.25, 0.3) is 22.4 Å². The molecule has 102 valence electrons. The molecular weight excluding hydrogens is 272 g/mol. The van der Waals surface area contributed by atoms with Crippen LogP contribution < -0.4 is 4.74 Å². The molecule has 0 spiro atoms. The summed E-state index contributed by atoms with van der Waals surface area (Å²) in [5, 5.41) is 7.68. The molecule has 0 aliphatic carbocycles. The summed E-state index contributed by atoms with van der Waals surface area (Å²) >= 11 is 1.78. The normalized spacial score (nSPS) is 10.9. The molecule has 0 amide bonds. The van der Waals surface area contributed by atoms with Crippen molar-refractivity contribution in [3.05, 3.63) is 30.6 Å². The molecule has 0 radical (unpaired) electrons. The summed E-state index contributed by atoms with van der Waals surface area (Å²) in [4.78, 5) is 8.95.